The molecular weight excluding hydrogens is 252 g/mol. The van der Waals surface area contributed by atoms with Gasteiger partial charge >= 0.3 is 0 Å². The van der Waals surface area contributed by atoms with Crippen molar-refractivity contribution in [2.45, 2.75) is 45.6 Å². The molecule has 1 saturated heterocycles. The number of nitrogens with one attached hydrogen (secondary N) is 1. The van der Waals surface area contributed by atoms with Gasteiger partial charge in [-0.2, -0.15) is 15.0 Å². The molecule has 0 radical (unpaired) electrons. The second-order valence-electron chi connectivity index (χ2n) is 5.93. The molecule has 1 N–H and O–H groups in total. The van der Waals surface area contributed by atoms with E-state index in [4.69, 9.17) is 0 Å². The van der Waals surface area contributed by atoms with Crippen LogP contribution in [0.2, 0.25) is 0 Å². The zero-order chi connectivity index (χ0) is 14.8. The van der Waals surface area contributed by atoms with Crippen molar-refractivity contribution in [2.24, 2.45) is 0 Å². The Morgan fingerprint density at radius 1 is 1.20 bits per heavy atom. The van der Waals surface area contributed by atoms with E-state index in [-0.39, 0.29) is 5.54 Å². The number of nitrogens with zero attached hydrogens (tertiary/aromatic N) is 5. The summed E-state index contributed by atoms with van der Waals surface area (Å²) < 4.78 is 0. The molecule has 20 heavy (non-hydrogen) atoms. The van der Waals surface area contributed by atoms with Crippen molar-refractivity contribution in [3.8, 4) is 0 Å². The lowest BCUT2D eigenvalue weighted by molar-refractivity contribution is 0.463. The molecule has 0 aromatic carbocycles. The number of anilines is 3. The van der Waals surface area contributed by atoms with E-state index in [1.54, 1.807) is 0 Å². The topological polar surface area (TPSA) is 57.2 Å². The van der Waals surface area contributed by atoms with Gasteiger partial charge < -0.3 is 15.1 Å². The third kappa shape index (κ3) is 2.94. The molecule has 2 rings (SSSR count). The van der Waals surface area contributed by atoms with Crippen LogP contribution >= 0.6 is 0 Å². The zero-order valence-electron chi connectivity index (χ0n) is 13.3. The molecule has 1 aliphatic heterocycles. The highest BCUT2D eigenvalue weighted by atomic mass is 15.4. The summed E-state index contributed by atoms with van der Waals surface area (Å²) >= 11 is 0. The van der Waals surface area contributed by atoms with Gasteiger partial charge in [-0.3, -0.25) is 0 Å². The highest BCUT2D eigenvalue weighted by molar-refractivity contribution is 5.46. The van der Waals surface area contributed by atoms with Gasteiger partial charge in [0.05, 0.1) is 0 Å². The van der Waals surface area contributed by atoms with Crippen molar-refractivity contribution in [1.82, 2.24) is 15.0 Å². The molecule has 0 unspecified atom stereocenters. The van der Waals surface area contributed by atoms with Crippen molar-refractivity contribution in [3.63, 3.8) is 0 Å². The molecule has 0 bridgehead atoms. The molecule has 6 heteroatoms. The maximum atomic E-state index is 4.67. The average molecular weight is 278 g/mol. The summed E-state index contributed by atoms with van der Waals surface area (Å²) in [5.74, 6) is 2.16. The molecule has 0 atom stereocenters. The van der Waals surface area contributed by atoms with Crippen molar-refractivity contribution in [2.75, 3.05) is 42.3 Å². The molecule has 1 aromatic rings. The van der Waals surface area contributed by atoms with E-state index >= 15 is 0 Å². The third-order valence-electron chi connectivity index (χ3n) is 4.30. The summed E-state index contributed by atoms with van der Waals surface area (Å²) in [6.07, 6.45) is 3.46. The Balaban J connectivity index is 2.34. The third-order valence-corrected chi connectivity index (χ3v) is 4.30. The Morgan fingerprint density at radius 3 is 2.40 bits per heavy atom. The highest BCUT2D eigenvalue weighted by Crippen LogP contribution is 2.25. The van der Waals surface area contributed by atoms with Crippen LogP contribution in [0, 0.1) is 0 Å². The lowest BCUT2D eigenvalue weighted by atomic mass is 10.0. The fraction of sp³-hybridized carbons (Fsp3) is 0.786. The molecule has 1 fully saturated rings. The van der Waals surface area contributed by atoms with E-state index in [1.807, 2.05) is 14.1 Å². The number of hydrogen-bond donors (Lipinski definition) is 1. The molecule has 0 spiro atoms. The van der Waals surface area contributed by atoms with Crippen LogP contribution < -0.4 is 15.1 Å². The van der Waals surface area contributed by atoms with Crippen LogP contribution in [-0.4, -0.2) is 47.7 Å². The van der Waals surface area contributed by atoms with Crippen LogP contribution in [-0.2, 0) is 0 Å². The predicted molar refractivity (Wildman–Crippen MR) is 83.6 cm³/mol. The second-order valence-corrected chi connectivity index (χ2v) is 5.93. The maximum absolute atomic E-state index is 4.67. The first-order valence-corrected chi connectivity index (χ1v) is 7.40. The first-order valence-electron chi connectivity index (χ1n) is 7.40. The second kappa shape index (κ2) is 5.81. The quantitative estimate of drug-likeness (QED) is 0.890. The molecule has 1 aliphatic rings. The lowest BCUT2D eigenvalue weighted by Crippen LogP contribution is -2.42. The summed E-state index contributed by atoms with van der Waals surface area (Å²) in [5.41, 5.74) is 0.0225. The minimum Gasteiger partial charge on any atom is -0.357 e. The van der Waals surface area contributed by atoms with Gasteiger partial charge in [-0.1, -0.05) is 6.92 Å². The fourth-order valence-electron chi connectivity index (χ4n) is 2.18. The molecule has 1 aromatic heterocycles. The summed E-state index contributed by atoms with van der Waals surface area (Å²) in [7, 11) is 3.89. The fourth-order valence-corrected chi connectivity index (χ4v) is 2.18. The standard InChI is InChI=1S/C14H26N6/c1-6-14(2,3)19(5)12-16-11(15-4)17-13(18-12)20-9-7-8-10-20/h6-10H2,1-5H3,(H,15,16,17,18). The van der Waals surface area contributed by atoms with Crippen molar-refractivity contribution < 1.29 is 0 Å². The Bertz CT molecular complexity index is 453. The normalized spacial score (nSPS) is 15.6. The number of aromatic nitrogens is 3. The van der Waals surface area contributed by atoms with Crippen LogP contribution in [0.25, 0.3) is 0 Å². The molecule has 2 heterocycles. The van der Waals surface area contributed by atoms with Crippen LogP contribution in [0.3, 0.4) is 0 Å². The zero-order valence-corrected chi connectivity index (χ0v) is 13.3. The van der Waals surface area contributed by atoms with Crippen LogP contribution in [0.5, 0.6) is 0 Å². The molecule has 0 saturated carbocycles. The van der Waals surface area contributed by atoms with Gasteiger partial charge in [0.1, 0.15) is 0 Å². The van der Waals surface area contributed by atoms with E-state index in [0.717, 1.165) is 31.4 Å². The van der Waals surface area contributed by atoms with Gasteiger partial charge in [0.15, 0.2) is 0 Å². The minimum absolute atomic E-state index is 0.0225. The molecular formula is C14H26N6. The Morgan fingerprint density at radius 2 is 1.85 bits per heavy atom. The van der Waals surface area contributed by atoms with Gasteiger partial charge in [0.25, 0.3) is 0 Å². The van der Waals surface area contributed by atoms with Gasteiger partial charge in [-0.25, -0.2) is 0 Å². The van der Waals surface area contributed by atoms with Crippen LogP contribution in [0.1, 0.15) is 40.0 Å². The highest BCUT2D eigenvalue weighted by Gasteiger charge is 2.25. The van der Waals surface area contributed by atoms with Gasteiger partial charge in [0, 0.05) is 32.7 Å². The van der Waals surface area contributed by atoms with E-state index in [1.165, 1.54) is 12.8 Å². The Hall–Kier alpha value is -1.59. The summed E-state index contributed by atoms with van der Waals surface area (Å²) in [4.78, 5) is 18.0. The Labute approximate surface area is 121 Å². The number of hydrogen-bond acceptors (Lipinski definition) is 6. The number of rotatable bonds is 5. The van der Waals surface area contributed by atoms with Gasteiger partial charge in [0.2, 0.25) is 17.8 Å². The lowest BCUT2D eigenvalue weighted by Gasteiger charge is -2.35. The summed E-state index contributed by atoms with van der Waals surface area (Å²) in [6.45, 7) is 8.65. The maximum Gasteiger partial charge on any atom is 0.232 e. The van der Waals surface area contributed by atoms with E-state index in [0.29, 0.717) is 5.95 Å². The van der Waals surface area contributed by atoms with Crippen molar-refractivity contribution >= 4 is 17.8 Å². The van der Waals surface area contributed by atoms with Crippen LogP contribution in [0.4, 0.5) is 17.8 Å². The van der Waals surface area contributed by atoms with E-state index in [2.05, 4.69) is 50.8 Å². The average Bonchev–Trinajstić information content (AvgIpc) is 3.00. The van der Waals surface area contributed by atoms with Gasteiger partial charge in [-0.15, -0.1) is 0 Å². The largest absolute Gasteiger partial charge is 0.357 e. The van der Waals surface area contributed by atoms with E-state index in [9.17, 15) is 0 Å². The molecule has 112 valence electrons. The molecule has 0 amide bonds. The monoisotopic (exact) mass is 278 g/mol. The smallest absolute Gasteiger partial charge is 0.232 e. The van der Waals surface area contributed by atoms with Crippen LogP contribution in [0.15, 0.2) is 0 Å². The van der Waals surface area contributed by atoms with Gasteiger partial charge in [-0.05, 0) is 33.1 Å². The SMILES string of the molecule is CCC(C)(C)N(C)c1nc(NC)nc(N2CCCC2)n1. The van der Waals surface area contributed by atoms with E-state index < -0.39 is 0 Å². The molecule has 6 nitrogen and oxygen atoms in total. The van der Waals surface area contributed by atoms with Crippen molar-refractivity contribution in [3.05, 3.63) is 0 Å². The summed E-state index contributed by atoms with van der Waals surface area (Å²) in [5, 5.41) is 3.04. The Kier molecular flexibility index (Phi) is 4.30. The molecule has 0 aliphatic carbocycles. The van der Waals surface area contributed by atoms with Crippen molar-refractivity contribution in [1.29, 1.82) is 0 Å². The first kappa shape index (κ1) is 14.8. The first-order chi connectivity index (χ1) is 9.47. The predicted octanol–water partition coefficient (Wildman–Crippen LogP) is 2.14. The summed E-state index contributed by atoms with van der Waals surface area (Å²) in [6, 6.07) is 0. The minimum atomic E-state index is 0.0225.